The molecule has 3 rings (SSSR count). The van der Waals surface area contributed by atoms with Gasteiger partial charge in [0, 0.05) is 18.5 Å². The van der Waals surface area contributed by atoms with Gasteiger partial charge >= 0.3 is 0 Å². The van der Waals surface area contributed by atoms with Crippen molar-refractivity contribution in [3.8, 4) is 0 Å². The van der Waals surface area contributed by atoms with Crippen LogP contribution in [-0.2, 0) is 17.9 Å². The van der Waals surface area contributed by atoms with Gasteiger partial charge in [-0.1, -0.05) is 24.3 Å². The van der Waals surface area contributed by atoms with Crippen LogP contribution in [0.2, 0.25) is 0 Å². The van der Waals surface area contributed by atoms with Gasteiger partial charge in [0.15, 0.2) is 0 Å². The number of amides is 1. The van der Waals surface area contributed by atoms with Crippen LogP contribution in [-0.4, -0.2) is 27.4 Å². The van der Waals surface area contributed by atoms with E-state index in [-0.39, 0.29) is 18.0 Å². The van der Waals surface area contributed by atoms with Crippen molar-refractivity contribution >= 4 is 27.5 Å². The van der Waals surface area contributed by atoms with Crippen molar-refractivity contribution in [2.45, 2.75) is 33.9 Å². The lowest BCUT2D eigenvalue weighted by atomic mass is 10.1. The number of carbonyl (C=O) groups excluding carboxylic acids is 1. The van der Waals surface area contributed by atoms with Crippen LogP contribution in [0.15, 0.2) is 35.4 Å². The Labute approximate surface area is 150 Å². The number of benzene rings is 1. The van der Waals surface area contributed by atoms with E-state index in [1.807, 2.05) is 45.0 Å². The first-order chi connectivity index (χ1) is 11.9. The topological polar surface area (TPSA) is 55.2 Å². The fourth-order valence-electron chi connectivity index (χ4n) is 2.78. The van der Waals surface area contributed by atoms with Crippen LogP contribution in [0.1, 0.15) is 21.6 Å². The Kier molecular flexibility index (Phi) is 4.72. The van der Waals surface area contributed by atoms with E-state index in [0.717, 1.165) is 26.4 Å². The first kappa shape index (κ1) is 17.4. The number of hydrogen-bond donors (Lipinski definition) is 0. The molecule has 5 nitrogen and oxygen atoms in total. The monoisotopic (exact) mass is 355 g/mol. The highest BCUT2D eigenvalue weighted by molar-refractivity contribution is 7.18. The highest BCUT2D eigenvalue weighted by atomic mass is 32.1. The van der Waals surface area contributed by atoms with Crippen molar-refractivity contribution in [1.82, 2.24) is 14.5 Å². The largest absolute Gasteiger partial charge is 0.340 e. The molecule has 0 fully saturated rings. The third-order valence-corrected chi connectivity index (χ3v) is 5.67. The van der Waals surface area contributed by atoms with E-state index in [1.165, 1.54) is 22.2 Å². The summed E-state index contributed by atoms with van der Waals surface area (Å²) in [5, 5.41) is 0.624. The van der Waals surface area contributed by atoms with Crippen molar-refractivity contribution in [3.63, 3.8) is 0 Å². The number of carbonyl (C=O) groups is 1. The average Bonchev–Trinajstić information content (AvgIpc) is 2.87. The summed E-state index contributed by atoms with van der Waals surface area (Å²) >= 11 is 1.51. The molecule has 130 valence electrons. The van der Waals surface area contributed by atoms with Crippen molar-refractivity contribution in [2.24, 2.45) is 0 Å². The Morgan fingerprint density at radius 2 is 1.96 bits per heavy atom. The second kappa shape index (κ2) is 6.80. The Hall–Kier alpha value is -2.47. The zero-order valence-electron chi connectivity index (χ0n) is 14.9. The Bertz CT molecular complexity index is 1000. The van der Waals surface area contributed by atoms with Gasteiger partial charge in [-0.15, -0.1) is 11.3 Å². The number of likely N-dealkylation sites (N-methyl/N-ethyl adjacent to an activating group) is 1. The van der Waals surface area contributed by atoms with Crippen LogP contribution >= 0.6 is 11.3 Å². The minimum Gasteiger partial charge on any atom is -0.340 e. The predicted octanol–water partition coefficient (Wildman–Crippen LogP) is 3.04. The molecule has 0 N–H and O–H groups in total. The lowest BCUT2D eigenvalue weighted by molar-refractivity contribution is -0.131. The number of aryl methyl sites for hydroxylation is 3. The van der Waals surface area contributed by atoms with Crippen LogP contribution in [0, 0.1) is 20.8 Å². The summed E-state index contributed by atoms with van der Waals surface area (Å²) in [4.78, 5) is 33.0. The van der Waals surface area contributed by atoms with Gasteiger partial charge in [-0.2, -0.15) is 0 Å². The quantitative estimate of drug-likeness (QED) is 0.723. The molecular weight excluding hydrogens is 334 g/mol. The Morgan fingerprint density at radius 3 is 2.68 bits per heavy atom. The van der Waals surface area contributed by atoms with Gasteiger partial charge in [0.25, 0.3) is 5.56 Å². The normalized spacial score (nSPS) is 11.0. The van der Waals surface area contributed by atoms with Crippen molar-refractivity contribution in [2.75, 3.05) is 7.05 Å². The highest BCUT2D eigenvalue weighted by Crippen LogP contribution is 2.25. The molecule has 0 bridgehead atoms. The molecule has 0 spiro atoms. The standard InChI is InChI=1S/C19H21N3O2S/c1-12-7-5-6-8-15(12)9-21(4)16(23)10-22-11-20-18-17(19(22)24)13(2)14(3)25-18/h5-8,11H,9-10H2,1-4H3. The minimum absolute atomic E-state index is 0.00150. The molecule has 0 aliphatic carbocycles. The van der Waals surface area contributed by atoms with Crippen LogP contribution in [0.3, 0.4) is 0 Å². The Morgan fingerprint density at radius 1 is 1.24 bits per heavy atom. The van der Waals surface area contributed by atoms with E-state index in [0.29, 0.717) is 11.9 Å². The first-order valence-corrected chi connectivity index (χ1v) is 8.93. The maximum Gasteiger partial charge on any atom is 0.262 e. The lowest BCUT2D eigenvalue weighted by Gasteiger charge is -2.19. The second-order valence-electron chi connectivity index (χ2n) is 6.32. The van der Waals surface area contributed by atoms with E-state index in [9.17, 15) is 9.59 Å². The van der Waals surface area contributed by atoms with E-state index in [4.69, 9.17) is 0 Å². The average molecular weight is 355 g/mol. The third-order valence-electron chi connectivity index (χ3n) is 4.56. The van der Waals surface area contributed by atoms with Gasteiger partial charge < -0.3 is 4.90 Å². The van der Waals surface area contributed by atoms with Gasteiger partial charge in [-0.25, -0.2) is 4.98 Å². The minimum atomic E-state index is -0.149. The van der Waals surface area contributed by atoms with E-state index in [2.05, 4.69) is 4.98 Å². The van der Waals surface area contributed by atoms with Gasteiger partial charge in [-0.05, 0) is 37.5 Å². The maximum atomic E-state index is 12.7. The van der Waals surface area contributed by atoms with Crippen molar-refractivity contribution in [3.05, 3.63) is 62.5 Å². The number of nitrogens with zero attached hydrogens (tertiary/aromatic N) is 3. The molecule has 6 heteroatoms. The van der Waals surface area contributed by atoms with E-state index < -0.39 is 0 Å². The molecule has 0 saturated carbocycles. The summed E-state index contributed by atoms with van der Waals surface area (Å²) in [5.74, 6) is -0.115. The molecule has 0 saturated heterocycles. The van der Waals surface area contributed by atoms with Crippen LogP contribution in [0.4, 0.5) is 0 Å². The van der Waals surface area contributed by atoms with Gasteiger partial charge in [0.1, 0.15) is 11.4 Å². The number of hydrogen-bond acceptors (Lipinski definition) is 4. The Balaban J connectivity index is 1.82. The molecule has 0 aliphatic heterocycles. The number of rotatable bonds is 4. The van der Waals surface area contributed by atoms with Crippen LogP contribution in [0.5, 0.6) is 0 Å². The summed E-state index contributed by atoms with van der Waals surface area (Å²) in [6, 6.07) is 7.98. The molecule has 0 aliphatic rings. The summed E-state index contributed by atoms with van der Waals surface area (Å²) in [7, 11) is 1.76. The van der Waals surface area contributed by atoms with E-state index >= 15 is 0 Å². The van der Waals surface area contributed by atoms with Crippen molar-refractivity contribution < 1.29 is 4.79 Å². The lowest BCUT2D eigenvalue weighted by Crippen LogP contribution is -2.33. The molecule has 3 aromatic rings. The molecule has 2 heterocycles. The zero-order valence-corrected chi connectivity index (χ0v) is 15.7. The van der Waals surface area contributed by atoms with Gasteiger partial charge in [0.05, 0.1) is 11.7 Å². The van der Waals surface area contributed by atoms with Gasteiger partial charge in [0.2, 0.25) is 5.91 Å². The van der Waals surface area contributed by atoms with Gasteiger partial charge in [-0.3, -0.25) is 14.2 Å². The number of fused-ring (bicyclic) bond motifs is 1. The second-order valence-corrected chi connectivity index (χ2v) is 7.52. The predicted molar refractivity (Wildman–Crippen MR) is 101 cm³/mol. The molecule has 1 amide bonds. The summed E-state index contributed by atoms with van der Waals surface area (Å²) in [6.07, 6.45) is 1.47. The van der Waals surface area contributed by atoms with E-state index in [1.54, 1.807) is 11.9 Å². The number of aromatic nitrogens is 2. The van der Waals surface area contributed by atoms with Crippen LogP contribution in [0.25, 0.3) is 10.2 Å². The molecule has 25 heavy (non-hydrogen) atoms. The molecule has 0 atom stereocenters. The summed E-state index contributed by atoms with van der Waals surface area (Å²) in [5.41, 5.74) is 3.05. The number of thiophene rings is 1. The summed E-state index contributed by atoms with van der Waals surface area (Å²) in [6.45, 7) is 6.45. The molecule has 1 aromatic carbocycles. The molecule has 2 aromatic heterocycles. The first-order valence-electron chi connectivity index (χ1n) is 8.12. The zero-order chi connectivity index (χ0) is 18.1. The SMILES string of the molecule is Cc1ccccc1CN(C)C(=O)Cn1cnc2sc(C)c(C)c2c1=O. The maximum absolute atomic E-state index is 12.7. The summed E-state index contributed by atoms with van der Waals surface area (Å²) < 4.78 is 1.40. The smallest absolute Gasteiger partial charge is 0.262 e. The molecular formula is C19H21N3O2S. The molecule has 0 radical (unpaired) electrons. The highest BCUT2D eigenvalue weighted by Gasteiger charge is 2.16. The fraction of sp³-hybridized carbons (Fsp3) is 0.316. The van der Waals surface area contributed by atoms with Crippen LogP contribution < -0.4 is 5.56 Å². The third kappa shape index (κ3) is 3.35. The molecule has 0 unspecified atom stereocenters. The van der Waals surface area contributed by atoms with Crippen molar-refractivity contribution in [1.29, 1.82) is 0 Å². The fourth-order valence-corrected chi connectivity index (χ4v) is 3.77.